The number of nitrogens with zero attached hydrogens (tertiary/aromatic N) is 1. The lowest BCUT2D eigenvalue weighted by Crippen LogP contribution is -2.42. The van der Waals surface area contributed by atoms with E-state index in [2.05, 4.69) is 5.32 Å². The molecule has 1 rings (SSSR count). The Morgan fingerprint density at radius 1 is 1.35 bits per heavy atom. The highest BCUT2D eigenvalue weighted by Crippen LogP contribution is 2.12. The summed E-state index contributed by atoms with van der Waals surface area (Å²) >= 11 is 0. The van der Waals surface area contributed by atoms with Crippen LogP contribution in [0, 0.1) is 10.1 Å². The summed E-state index contributed by atoms with van der Waals surface area (Å²) in [6.45, 7) is -0.716. The van der Waals surface area contributed by atoms with Gasteiger partial charge in [0.1, 0.15) is 0 Å². The first-order chi connectivity index (χ1) is 9.43. The smallest absolute Gasteiger partial charge is 0.328 e. The molecule has 0 spiro atoms. The van der Waals surface area contributed by atoms with E-state index in [1.807, 2.05) is 0 Å². The van der Waals surface area contributed by atoms with Crippen LogP contribution < -0.4 is 5.32 Å². The molecule has 0 aromatic heterocycles. The van der Waals surface area contributed by atoms with E-state index < -0.39 is 29.4 Å². The van der Waals surface area contributed by atoms with Crippen LogP contribution in [0.25, 0.3) is 6.08 Å². The van der Waals surface area contributed by atoms with Gasteiger partial charge >= 0.3 is 5.97 Å². The van der Waals surface area contributed by atoms with E-state index in [-0.39, 0.29) is 5.69 Å². The average Bonchev–Trinajstić information content (AvgIpc) is 2.42. The van der Waals surface area contributed by atoms with Crippen molar-refractivity contribution in [2.24, 2.45) is 0 Å². The van der Waals surface area contributed by atoms with E-state index in [0.717, 1.165) is 6.08 Å². The Labute approximate surface area is 113 Å². The van der Waals surface area contributed by atoms with Crippen LogP contribution in [-0.4, -0.2) is 39.7 Å². The number of benzene rings is 1. The van der Waals surface area contributed by atoms with Crippen LogP contribution in [0.3, 0.4) is 0 Å². The molecular weight excluding hydrogens is 268 g/mol. The Morgan fingerprint density at radius 3 is 2.40 bits per heavy atom. The van der Waals surface area contributed by atoms with Gasteiger partial charge in [-0.25, -0.2) is 4.79 Å². The molecule has 0 bridgehead atoms. The highest BCUT2D eigenvalue weighted by molar-refractivity contribution is 5.94. The van der Waals surface area contributed by atoms with Crippen molar-refractivity contribution in [3.05, 3.63) is 46.0 Å². The molecule has 0 fully saturated rings. The Kier molecular flexibility index (Phi) is 5.36. The number of nitrogens with one attached hydrogen (secondary N) is 1. The SMILES string of the molecule is O=C(/C=C/c1ccc([N+](=O)[O-])cc1)N[C@H](CO)C(=O)O. The molecule has 106 valence electrons. The predicted molar refractivity (Wildman–Crippen MR) is 68.8 cm³/mol. The number of rotatable bonds is 6. The number of nitro benzene ring substituents is 1. The normalized spacial score (nSPS) is 12.1. The number of carboxylic acids is 1. The summed E-state index contributed by atoms with van der Waals surface area (Å²) in [4.78, 5) is 31.9. The molecule has 0 unspecified atom stereocenters. The summed E-state index contributed by atoms with van der Waals surface area (Å²) in [6.07, 6.45) is 2.45. The van der Waals surface area contributed by atoms with Crippen molar-refractivity contribution in [1.82, 2.24) is 5.32 Å². The number of amides is 1. The summed E-state index contributed by atoms with van der Waals surface area (Å²) in [5.74, 6) is -2.03. The molecule has 0 saturated heterocycles. The number of hydrogen-bond acceptors (Lipinski definition) is 5. The number of non-ortho nitro benzene ring substituents is 1. The van der Waals surface area contributed by atoms with Gasteiger partial charge in [0.05, 0.1) is 11.5 Å². The number of hydrogen-bond donors (Lipinski definition) is 3. The molecule has 0 saturated carbocycles. The van der Waals surface area contributed by atoms with Gasteiger partial charge in [-0.1, -0.05) is 0 Å². The molecule has 1 amide bonds. The summed E-state index contributed by atoms with van der Waals surface area (Å²) in [5, 5.41) is 29.9. The number of carbonyl (C=O) groups is 2. The fourth-order valence-electron chi connectivity index (χ4n) is 1.28. The van der Waals surface area contributed by atoms with E-state index in [1.165, 1.54) is 30.3 Å². The van der Waals surface area contributed by atoms with Crippen LogP contribution in [0.5, 0.6) is 0 Å². The first kappa shape index (κ1) is 15.3. The Bertz CT molecular complexity index is 537. The zero-order chi connectivity index (χ0) is 15.1. The molecule has 8 heteroatoms. The highest BCUT2D eigenvalue weighted by Gasteiger charge is 2.17. The van der Waals surface area contributed by atoms with E-state index in [4.69, 9.17) is 10.2 Å². The summed E-state index contributed by atoms with van der Waals surface area (Å²) in [7, 11) is 0. The van der Waals surface area contributed by atoms with Crippen LogP contribution in [-0.2, 0) is 9.59 Å². The minimum Gasteiger partial charge on any atom is -0.480 e. The second kappa shape index (κ2) is 7.00. The fourth-order valence-corrected chi connectivity index (χ4v) is 1.28. The molecule has 3 N–H and O–H groups in total. The molecule has 0 aliphatic heterocycles. The third-order valence-electron chi connectivity index (χ3n) is 2.33. The maximum Gasteiger partial charge on any atom is 0.328 e. The highest BCUT2D eigenvalue weighted by atomic mass is 16.6. The second-order valence-corrected chi connectivity index (χ2v) is 3.76. The number of aliphatic carboxylic acids is 1. The van der Waals surface area contributed by atoms with Gasteiger partial charge < -0.3 is 15.5 Å². The summed E-state index contributed by atoms with van der Waals surface area (Å²) < 4.78 is 0. The molecule has 1 aromatic carbocycles. The molecule has 0 aliphatic carbocycles. The zero-order valence-corrected chi connectivity index (χ0v) is 10.2. The lowest BCUT2D eigenvalue weighted by molar-refractivity contribution is -0.384. The van der Waals surface area contributed by atoms with Gasteiger partial charge in [-0.2, -0.15) is 0 Å². The van der Waals surface area contributed by atoms with Crippen LogP contribution in [0.2, 0.25) is 0 Å². The molecule has 0 aliphatic rings. The maximum atomic E-state index is 11.4. The molecular formula is C12H12N2O6. The van der Waals surface area contributed by atoms with Gasteiger partial charge in [-0.3, -0.25) is 14.9 Å². The Morgan fingerprint density at radius 2 is 1.95 bits per heavy atom. The van der Waals surface area contributed by atoms with Gasteiger partial charge in [0.25, 0.3) is 5.69 Å². The third kappa shape index (κ3) is 4.50. The standard InChI is InChI=1S/C12H12N2O6/c15-7-10(12(17)18)13-11(16)6-3-8-1-4-9(5-2-8)14(19)20/h1-6,10,15H,7H2,(H,13,16)(H,17,18)/b6-3+/t10-/m1/s1. The van der Waals surface area contributed by atoms with Crippen LogP contribution in [0.4, 0.5) is 5.69 Å². The number of aliphatic hydroxyl groups excluding tert-OH is 1. The minimum atomic E-state index is -1.37. The third-order valence-corrected chi connectivity index (χ3v) is 2.33. The number of carbonyl (C=O) groups excluding carboxylic acids is 1. The molecule has 8 nitrogen and oxygen atoms in total. The largest absolute Gasteiger partial charge is 0.480 e. The number of carboxylic acid groups (broad SMARTS) is 1. The number of nitro groups is 1. The quantitative estimate of drug-likeness (QED) is 0.387. The monoisotopic (exact) mass is 280 g/mol. The lowest BCUT2D eigenvalue weighted by Gasteiger charge is -2.09. The Hall–Kier alpha value is -2.74. The van der Waals surface area contributed by atoms with Crippen molar-refractivity contribution in [2.75, 3.05) is 6.61 Å². The molecule has 20 heavy (non-hydrogen) atoms. The lowest BCUT2D eigenvalue weighted by atomic mass is 10.2. The second-order valence-electron chi connectivity index (χ2n) is 3.76. The van der Waals surface area contributed by atoms with Crippen molar-refractivity contribution < 1.29 is 24.7 Å². The van der Waals surface area contributed by atoms with Crippen molar-refractivity contribution in [3.8, 4) is 0 Å². The van der Waals surface area contributed by atoms with Crippen LogP contribution >= 0.6 is 0 Å². The van der Waals surface area contributed by atoms with E-state index >= 15 is 0 Å². The minimum absolute atomic E-state index is 0.0715. The van der Waals surface area contributed by atoms with Crippen LogP contribution in [0.1, 0.15) is 5.56 Å². The van der Waals surface area contributed by atoms with Crippen molar-refractivity contribution in [1.29, 1.82) is 0 Å². The summed E-state index contributed by atoms with van der Waals surface area (Å²) in [6, 6.07) is 4.09. The van der Waals surface area contributed by atoms with Crippen molar-refractivity contribution >= 4 is 23.6 Å². The van der Waals surface area contributed by atoms with Crippen LogP contribution in [0.15, 0.2) is 30.3 Å². The molecule has 1 atom stereocenters. The van der Waals surface area contributed by atoms with Crippen molar-refractivity contribution in [2.45, 2.75) is 6.04 Å². The van der Waals surface area contributed by atoms with E-state index in [1.54, 1.807) is 0 Å². The first-order valence-corrected chi connectivity index (χ1v) is 5.50. The van der Waals surface area contributed by atoms with E-state index in [0.29, 0.717) is 5.56 Å². The summed E-state index contributed by atoms with van der Waals surface area (Å²) in [5.41, 5.74) is 0.472. The van der Waals surface area contributed by atoms with Gasteiger partial charge in [0, 0.05) is 18.2 Å². The van der Waals surface area contributed by atoms with Gasteiger partial charge in [0.15, 0.2) is 6.04 Å². The Balaban J connectivity index is 2.65. The van der Waals surface area contributed by atoms with E-state index in [9.17, 15) is 19.7 Å². The molecule has 0 heterocycles. The zero-order valence-electron chi connectivity index (χ0n) is 10.2. The molecule has 1 aromatic rings. The van der Waals surface area contributed by atoms with Crippen molar-refractivity contribution in [3.63, 3.8) is 0 Å². The maximum absolute atomic E-state index is 11.4. The predicted octanol–water partition coefficient (Wildman–Crippen LogP) is 0.170. The molecule has 0 radical (unpaired) electrons. The van der Waals surface area contributed by atoms with Gasteiger partial charge in [0.2, 0.25) is 5.91 Å². The van der Waals surface area contributed by atoms with Gasteiger partial charge in [-0.15, -0.1) is 0 Å². The fraction of sp³-hybridized carbons (Fsp3) is 0.167. The van der Waals surface area contributed by atoms with Gasteiger partial charge in [-0.05, 0) is 23.8 Å². The average molecular weight is 280 g/mol. The number of aliphatic hydroxyl groups is 1. The topological polar surface area (TPSA) is 130 Å². The first-order valence-electron chi connectivity index (χ1n) is 5.50.